The van der Waals surface area contributed by atoms with Crippen LogP contribution >= 0.6 is 0 Å². The quantitative estimate of drug-likeness (QED) is 0.810. The van der Waals surface area contributed by atoms with E-state index in [1.54, 1.807) is 6.92 Å². The highest BCUT2D eigenvalue weighted by Gasteiger charge is 2.28. The third-order valence-electron chi connectivity index (χ3n) is 2.60. The van der Waals surface area contributed by atoms with Crippen molar-refractivity contribution in [2.75, 3.05) is 16.8 Å². The second-order valence-electron chi connectivity index (χ2n) is 4.04. The molecule has 1 atom stereocenters. The van der Waals surface area contributed by atoms with E-state index in [4.69, 9.17) is 5.26 Å². The number of aromatic nitrogens is 2. The Morgan fingerprint density at radius 1 is 1.59 bits per heavy atom. The summed E-state index contributed by atoms with van der Waals surface area (Å²) in [6.07, 6.45) is 1.99. The fourth-order valence-electron chi connectivity index (χ4n) is 1.76. The van der Waals surface area contributed by atoms with Crippen LogP contribution in [0.4, 0.5) is 5.82 Å². The number of anilines is 1. The summed E-state index contributed by atoms with van der Waals surface area (Å²) in [5, 5.41) is 11.9. The van der Waals surface area contributed by atoms with Crippen molar-refractivity contribution in [1.29, 1.82) is 5.26 Å². The Hall–Kier alpha value is -1.68. The van der Waals surface area contributed by atoms with Gasteiger partial charge < -0.3 is 5.32 Å². The van der Waals surface area contributed by atoms with Gasteiger partial charge in [0.25, 0.3) is 0 Å². The summed E-state index contributed by atoms with van der Waals surface area (Å²) in [6.45, 7) is 1.72. The summed E-state index contributed by atoms with van der Waals surface area (Å²) >= 11 is 0. The SMILES string of the molecule is Cc1ncc(C#N)c(NC2CCS(=O)(=O)C2)n1. The molecule has 0 amide bonds. The predicted octanol–water partition coefficient (Wildman–Crippen LogP) is 0.256. The van der Waals surface area contributed by atoms with Gasteiger partial charge in [0.1, 0.15) is 23.3 Å². The molecule has 0 aliphatic carbocycles. The van der Waals surface area contributed by atoms with Crippen molar-refractivity contribution in [2.24, 2.45) is 0 Å². The zero-order valence-electron chi connectivity index (χ0n) is 9.34. The van der Waals surface area contributed by atoms with Crippen molar-refractivity contribution in [2.45, 2.75) is 19.4 Å². The van der Waals surface area contributed by atoms with E-state index in [0.717, 1.165) is 0 Å². The van der Waals surface area contributed by atoms with Gasteiger partial charge in [-0.15, -0.1) is 0 Å². The maximum atomic E-state index is 11.3. The first-order chi connectivity index (χ1) is 8.00. The van der Waals surface area contributed by atoms with Crippen molar-refractivity contribution < 1.29 is 8.42 Å². The van der Waals surface area contributed by atoms with Crippen LogP contribution in [0.2, 0.25) is 0 Å². The molecule has 0 aromatic carbocycles. The number of nitrogens with zero attached hydrogens (tertiary/aromatic N) is 3. The van der Waals surface area contributed by atoms with Crippen LogP contribution in [0.1, 0.15) is 17.8 Å². The average molecular weight is 252 g/mol. The fourth-order valence-corrected chi connectivity index (χ4v) is 3.44. The fraction of sp³-hybridized carbons (Fsp3) is 0.500. The molecule has 90 valence electrons. The molecule has 1 fully saturated rings. The second-order valence-corrected chi connectivity index (χ2v) is 6.26. The van der Waals surface area contributed by atoms with Gasteiger partial charge in [0, 0.05) is 6.04 Å². The minimum Gasteiger partial charge on any atom is -0.365 e. The van der Waals surface area contributed by atoms with Gasteiger partial charge in [0.15, 0.2) is 9.84 Å². The molecule has 1 aliphatic rings. The summed E-state index contributed by atoms with van der Waals surface area (Å²) in [5.74, 6) is 1.26. The molecule has 0 saturated carbocycles. The number of hydrogen-bond acceptors (Lipinski definition) is 6. The Bertz CT molecular complexity index is 576. The van der Waals surface area contributed by atoms with E-state index in [1.807, 2.05) is 6.07 Å². The second kappa shape index (κ2) is 4.30. The molecular weight excluding hydrogens is 240 g/mol. The van der Waals surface area contributed by atoms with E-state index in [1.165, 1.54) is 6.20 Å². The van der Waals surface area contributed by atoms with E-state index in [2.05, 4.69) is 15.3 Å². The van der Waals surface area contributed by atoms with Crippen LogP contribution in [0.25, 0.3) is 0 Å². The summed E-state index contributed by atoms with van der Waals surface area (Å²) in [5.41, 5.74) is 0.333. The van der Waals surface area contributed by atoms with Crippen molar-refractivity contribution in [1.82, 2.24) is 9.97 Å². The van der Waals surface area contributed by atoms with Gasteiger partial charge in [-0.2, -0.15) is 5.26 Å². The molecule has 0 radical (unpaired) electrons. The van der Waals surface area contributed by atoms with Crippen LogP contribution in [-0.2, 0) is 9.84 Å². The van der Waals surface area contributed by atoms with E-state index in [9.17, 15) is 8.42 Å². The van der Waals surface area contributed by atoms with Gasteiger partial charge in [0.2, 0.25) is 0 Å². The summed E-state index contributed by atoms with van der Waals surface area (Å²) in [7, 11) is -2.93. The lowest BCUT2D eigenvalue weighted by Crippen LogP contribution is -2.22. The molecule has 1 aliphatic heterocycles. The molecule has 1 N–H and O–H groups in total. The number of nitriles is 1. The topological polar surface area (TPSA) is 95.7 Å². The lowest BCUT2D eigenvalue weighted by molar-refractivity contribution is 0.602. The smallest absolute Gasteiger partial charge is 0.152 e. The van der Waals surface area contributed by atoms with Crippen LogP contribution in [0.5, 0.6) is 0 Å². The first-order valence-electron chi connectivity index (χ1n) is 5.21. The monoisotopic (exact) mass is 252 g/mol. The minimum absolute atomic E-state index is 0.0981. The lowest BCUT2D eigenvalue weighted by atomic mass is 10.2. The number of rotatable bonds is 2. The highest BCUT2D eigenvalue weighted by molar-refractivity contribution is 7.91. The van der Waals surface area contributed by atoms with Crippen molar-refractivity contribution in [3.05, 3.63) is 17.6 Å². The molecule has 1 unspecified atom stereocenters. The van der Waals surface area contributed by atoms with E-state index in [0.29, 0.717) is 23.6 Å². The first kappa shape index (κ1) is 11.8. The Morgan fingerprint density at radius 3 is 2.94 bits per heavy atom. The maximum absolute atomic E-state index is 11.3. The number of aryl methyl sites for hydroxylation is 1. The lowest BCUT2D eigenvalue weighted by Gasteiger charge is -2.12. The number of nitrogens with one attached hydrogen (secondary N) is 1. The third-order valence-corrected chi connectivity index (χ3v) is 4.37. The highest BCUT2D eigenvalue weighted by atomic mass is 32.2. The van der Waals surface area contributed by atoms with E-state index in [-0.39, 0.29) is 17.5 Å². The van der Waals surface area contributed by atoms with Crippen LogP contribution in [0.15, 0.2) is 6.20 Å². The molecule has 2 rings (SSSR count). The van der Waals surface area contributed by atoms with Crippen LogP contribution in [0.3, 0.4) is 0 Å². The van der Waals surface area contributed by atoms with Gasteiger partial charge in [-0.1, -0.05) is 0 Å². The first-order valence-corrected chi connectivity index (χ1v) is 7.03. The van der Waals surface area contributed by atoms with Gasteiger partial charge in [-0.05, 0) is 13.3 Å². The van der Waals surface area contributed by atoms with Crippen molar-refractivity contribution in [3.8, 4) is 6.07 Å². The van der Waals surface area contributed by atoms with Crippen LogP contribution < -0.4 is 5.32 Å². The van der Waals surface area contributed by atoms with Gasteiger partial charge in [-0.25, -0.2) is 18.4 Å². The maximum Gasteiger partial charge on any atom is 0.152 e. The van der Waals surface area contributed by atoms with E-state index >= 15 is 0 Å². The number of hydrogen-bond donors (Lipinski definition) is 1. The van der Waals surface area contributed by atoms with E-state index < -0.39 is 9.84 Å². The van der Waals surface area contributed by atoms with Gasteiger partial charge in [-0.3, -0.25) is 0 Å². The molecule has 1 saturated heterocycles. The average Bonchev–Trinajstić information content (AvgIpc) is 2.58. The molecular formula is C10H12N4O2S. The molecule has 6 nitrogen and oxygen atoms in total. The summed E-state index contributed by atoms with van der Waals surface area (Å²) in [6, 6.07) is 1.82. The number of sulfone groups is 1. The summed E-state index contributed by atoms with van der Waals surface area (Å²) < 4.78 is 22.6. The molecule has 2 heterocycles. The van der Waals surface area contributed by atoms with Crippen LogP contribution in [-0.4, -0.2) is 35.9 Å². The van der Waals surface area contributed by atoms with Gasteiger partial charge >= 0.3 is 0 Å². The molecule has 1 aromatic heterocycles. The molecule has 1 aromatic rings. The van der Waals surface area contributed by atoms with Crippen LogP contribution in [0, 0.1) is 18.3 Å². The van der Waals surface area contributed by atoms with Gasteiger partial charge in [0.05, 0.1) is 17.7 Å². The summed E-state index contributed by atoms with van der Waals surface area (Å²) in [4.78, 5) is 8.04. The zero-order valence-corrected chi connectivity index (χ0v) is 10.2. The predicted molar refractivity (Wildman–Crippen MR) is 62.2 cm³/mol. The third kappa shape index (κ3) is 2.71. The molecule has 0 spiro atoms. The highest BCUT2D eigenvalue weighted by Crippen LogP contribution is 2.18. The standard InChI is InChI=1S/C10H12N4O2S/c1-7-12-5-8(4-11)10(13-7)14-9-2-3-17(15,16)6-9/h5,9H,2-3,6H2,1H3,(H,12,13,14). The molecule has 7 heteroatoms. The zero-order chi connectivity index (χ0) is 12.5. The normalized spacial score (nSPS) is 22.0. The van der Waals surface area contributed by atoms with Crippen molar-refractivity contribution in [3.63, 3.8) is 0 Å². The largest absolute Gasteiger partial charge is 0.365 e. The Labute approximate surface area is 99.6 Å². The van der Waals surface area contributed by atoms with Crippen molar-refractivity contribution >= 4 is 15.7 Å². The minimum atomic E-state index is -2.93. The Morgan fingerprint density at radius 2 is 2.35 bits per heavy atom. The Balaban J connectivity index is 2.20. The molecule has 0 bridgehead atoms. The molecule has 17 heavy (non-hydrogen) atoms. The Kier molecular flexibility index (Phi) is 2.98.